The normalized spacial score (nSPS) is 13.6. The van der Waals surface area contributed by atoms with Crippen LogP contribution in [0.4, 0.5) is 8.78 Å². The highest BCUT2D eigenvalue weighted by Crippen LogP contribution is 2.40. The summed E-state index contributed by atoms with van der Waals surface area (Å²) in [6, 6.07) is 7.72. The molecule has 2 N–H and O–H groups in total. The van der Waals surface area contributed by atoms with Crippen LogP contribution in [0.3, 0.4) is 0 Å². The first-order valence-corrected chi connectivity index (χ1v) is 10.7. The van der Waals surface area contributed by atoms with E-state index in [1.165, 1.54) is 10.6 Å². The number of benzene rings is 1. The fraction of sp³-hybridized carbons (Fsp3) is 0.391. The van der Waals surface area contributed by atoms with E-state index in [1.807, 2.05) is 13.8 Å². The SMILES string of the molecule is CC(C)Cn1c(=O)[nH]c(=O)c2c(C(=O)NCc3ccccc3OC(F)F)cc(C3CC3)nc21. The molecular formula is C23H24F2N4O4. The summed E-state index contributed by atoms with van der Waals surface area (Å²) in [6.45, 7) is 1.10. The number of hydrogen-bond donors (Lipinski definition) is 2. The lowest BCUT2D eigenvalue weighted by molar-refractivity contribution is -0.0504. The molecular weight excluding hydrogens is 434 g/mol. The lowest BCUT2D eigenvalue weighted by Gasteiger charge is -2.15. The van der Waals surface area contributed by atoms with Gasteiger partial charge in [-0.05, 0) is 30.9 Å². The van der Waals surface area contributed by atoms with Crippen LogP contribution in [-0.2, 0) is 13.1 Å². The molecule has 0 atom stereocenters. The van der Waals surface area contributed by atoms with Gasteiger partial charge in [-0.3, -0.25) is 19.1 Å². The summed E-state index contributed by atoms with van der Waals surface area (Å²) >= 11 is 0. The summed E-state index contributed by atoms with van der Waals surface area (Å²) in [7, 11) is 0. The quantitative estimate of drug-likeness (QED) is 0.540. The Bertz CT molecular complexity index is 1310. The molecule has 1 saturated carbocycles. The first kappa shape index (κ1) is 22.6. The summed E-state index contributed by atoms with van der Waals surface area (Å²) in [6.07, 6.45) is 1.82. The second kappa shape index (κ2) is 9.13. The molecule has 2 aromatic heterocycles. The highest BCUT2D eigenvalue weighted by Gasteiger charge is 2.29. The van der Waals surface area contributed by atoms with Crippen molar-refractivity contribution >= 4 is 16.9 Å². The predicted molar refractivity (Wildman–Crippen MR) is 118 cm³/mol. The van der Waals surface area contributed by atoms with Gasteiger partial charge in [-0.2, -0.15) is 8.78 Å². The number of rotatable bonds is 8. The zero-order valence-corrected chi connectivity index (χ0v) is 18.2. The number of para-hydroxylation sites is 1. The number of alkyl halides is 2. The van der Waals surface area contributed by atoms with Crippen LogP contribution in [0, 0.1) is 5.92 Å². The van der Waals surface area contributed by atoms with Gasteiger partial charge in [0.1, 0.15) is 5.75 Å². The fourth-order valence-electron chi connectivity index (χ4n) is 3.73. The van der Waals surface area contributed by atoms with E-state index in [0.29, 0.717) is 17.8 Å². The lowest BCUT2D eigenvalue weighted by Crippen LogP contribution is -2.34. The molecule has 174 valence electrons. The maximum absolute atomic E-state index is 13.2. The number of aromatic nitrogens is 3. The molecule has 10 heteroatoms. The van der Waals surface area contributed by atoms with Gasteiger partial charge >= 0.3 is 12.3 Å². The van der Waals surface area contributed by atoms with Crippen LogP contribution in [0.5, 0.6) is 5.75 Å². The van der Waals surface area contributed by atoms with E-state index >= 15 is 0 Å². The molecule has 4 rings (SSSR count). The van der Waals surface area contributed by atoms with Gasteiger partial charge < -0.3 is 10.1 Å². The Morgan fingerprint density at radius 1 is 1.27 bits per heavy atom. The number of fused-ring (bicyclic) bond motifs is 1. The van der Waals surface area contributed by atoms with Crippen molar-refractivity contribution in [2.45, 2.75) is 52.3 Å². The second-order valence-electron chi connectivity index (χ2n) is 8.50. The number of nitrogens with zero attached hydrogens (tertiary/aromatic N) is 2. The molecule has 0 radical (unpaired) electrons. The number of halogens is 2. The van der Waals surface area contributed by atoms with Crippen molar-refractivity contribution in [3.8, 4) is 5.75 Å². The largest absolute Gasteiger partial charge is 0.434 e. The Morgan fingerprint density at radius 2 is 2.00 bits per heavy atom. The molecule has 1 aliphatic carbocycles. The number of carbonyl (C=O) groups is 1. The fourth-order valence-corrected chi connectivity index (χ4v) is 3.73. The molecule has 2 heterocycles. The van der Waals surface area contributed by atoms with Crippen molar-refractivity contribution in [2.75, 3.05) is 0 Å². The van der Waals surface area contributed by atoms with E-state index < -0.39 is 23.8 Å². The number of ether oxygens (including phenoxy) is 1. The maximum Gasteiger partial charge on any atom is 0.387 e. The smallest absolute Gasteiger partial charge is 0.387 e. The minimum absolute atomic E-state index is 0.0225. The molecule has 0 saturated heterocycles. The van der Waals surface area contributed by atoms with Gasteiger partial charge in [-0.15, -0.1) is 0 Å². The summed E-state index contributed by atoms with van der Waals surface area (Å²) in [5, 5.41) is 2.70. The number of carbonyl (C=O) groups excluding carboxylic acids is 1. The Labute approximate surface area is 187 Å². The Kier molecular flexibility index (Phi) is 6.26. The predicted octanol–water partition coefficient (Wildman–Crippen LogP) is 3.15. The summed E-state index contributed by atoms with van der Waals surface area (Å²) in [4.78, 5) is 45.2. The standard InChI is InChI=1S/C23H24F2N4O4/c1-12(2)11-29-19-18(21(31)28-23(29)32)15(9-16(27-19)13-7-8-13)20(30)26-10-14-5-3-4-6-17(14)33-22(24)25/h3-6,9,12-13,22H,7-8,10-11H2,1-2H3,(H,26,30)(H,28,31,32). The van der Waals surface area contributed by atoms with Gasteiger partial charge in [0, 0.05) is 30.3 Å². The summed E-state index contributed by atoms with van der Waals surface area (Å²) in [5.41, 5.74) is -0.00184. The van der Waals surface area contributed by atoms with Crippen LogP contribution in [0.1, 0.15) is 54.2 Å². The topological polar surface area (TPSA) is 106 Å². The molecule has 3 aromatic rings. The second-order valence-corrected chi connectivity index (χ2v) is 8.50. The molecule has 8 nitrogen and oxygen atoms in total. The van der Waals surface area contributed by atoms with E-state index in [4.69, 9.17) is 0 Å². The average Bonchev–Trinajstić information content (AvgIpc) is 3.60. The average molecular weight is 458 g/mol. The van der Waals surface area contributed by atoms with Crippen LogP contribution in [0.15, 0.2) is 39.9 Å². The van der Waals surface area contributed by atoms with Crippen molar-refractivity contribution in [1.82, 2.24) is 19.9 Å². The Morgan fingerprint density at radius 3 is 2.67 bits per heavy atom. The number of aromatic amines is 1. The van der Waals surface area contributed by atoms with Gasteiger partial charge in [-0.25, -0.2) is 9.78 Å². The van der Waals surface area contributed by atoms with Crippen molar-refractivity contribution < 1.29 is 18.3 Å². The minimum atomic E-state index is -3.00. The number of nitrogens with one attached hydrogen (secondary N) is 2. The molecule has 1 amide bonds. The first-order valence-electron chi connectivity index (χ1n) is 10.7. The van der Waals surface area contributed by atoms with E-state index in [2.05, 4.69) is 20.0 Å². The molecule has 1 aliphatic rings. The number of pyridine rings is 1. The van der Waals surface area contributed by atoms with Gasteiger partial charge in [0.25, 0.3) is 11.5 Å². The van der Waals surface area contributed by atoms with Crippen LogP contribution >= 0.6 is 0 Å². The first-order chi connectivity index (χ1) is 15.7. The number of H-pyrrole nitrogens is 1. The van der Waals surface area contributed by atoms with Crippen molar-refractivity contribution in [3.63, 3.8) is 0 Å². The highest BCUT2D eigenvalue weighted by atomic mass is 19.3. The molecule has 0 unspecified atom stereocenters. The van der Waals surface area contributed by atoms with E-state index in [9.17, 15) is 23.2 Å². The van der Waals surface area contributed by atoms with Crippen LogP contribution in [0.2, 0.25) is 0 Å². The molecule has 1 fully saturated rings. The van der Waals surface area contributed by atoms with E-state index in [-0.39, 0.29) is 40.7 Å². The Balaban J connectivity index is 1.75. The summed E-state index contributed by atoms with van der Waals surface area (Å²) < 4.78 is 31.3. The third-order valence-electron chi connectivity index (χ3n) is 5.38. The zero-order valence-electron chi connectivity index (χ0n) is 18.2. The third kappa shape index (κ3) is 4.94. The van der Waals surface area contributed by atoms with E-state index in [0.717, 1.165) is 12.8 Å². The monoisotopic (exact) mass is 458 g/mol. The van der Waals surface area contributed by atoms with Crippen molar-refractivity contribution in [2.24, 2.45) is 5.92 Å². The molecule has 0 bridgehead atoms. The Hall–Kier alpha value is -3.56. The van der Waals surface area contributed by atoms with E-state index in [1.54, 1.807) is 24.3 Å². The minimum Gasteiger partial charge on any atom is -0.434 e. The van der Waals surface area contributed by atoms with Crippen LogP contribution in [-0.4, -0.2) is 27.1 Å². The molecule has 0 aliphatic heterocycles. The summed E-state index contributed by atoms with van der Waals surface area (Å²) in [5.74, 6) is -0.346. The number of hydrogen-bond acceptors (Lipinski definition) is 5. The van der Waals surface area contributed by atoms with Crippen LogP contribution in [0.25, 0.3) is 11.0 Å². The van der Waals surface area contributed by atoms with Gasteiger partial charge in [0.15, 0.2) is 5.65 Å². The zero-order chi connectivity index (χ0) is 23.7. The van der Waals surface area contributed by atoms with Gasteiger partial charge in [0.05, 0.1) is 10.9 Å². The molecule has 33 heavy (non-hydrogen) atoms. The van der Waals surface area contributed by atoms with Crippen molar-refractivity contribution in [3.05, 3.63) is 68.0 Å². The lowest BCUT2D eigenvalue weighted by atomic mass is 10.1. The highest BCUT2D eigenvalue weighted by molar-refractivity contribution is 6.05. The van der Waals surface area contributed by atoms with Gasteiger partial charge in [0.2, 0.25) is 0 Å². The molecule has 1 aromatic carbocycles. The number of amides is 1. The third-order valence-corrected chi connectivity index (χ3v) is 5.38. The van der Waals surface area contributed by atoms with Crippen molar-refractivity contribution in [1.29, 1.82) is 0 Å². The maximum atomic E-state index is 13.2. The van der Waals surface area contributed by atoms with Gasteiger partial charge in [-0.1, -0.05) is 32.0 Å². The molecule has 0 spiro atoms. The van der Waals surface area contributed by atoms with Crippen LogP contribution < -0.4 is 21.3 Å².